The molecule has 1 N–H and O–H groups in total. The van der Waals surface area contributed by atoms with Crippen molar-refractivity contribution >= 4 is 18.3 Å². The minimum absolute atomic E-state index is 0.0615. The summed E-state index contributed by atoms with van der Waals surface area (Å²) in [4.78, 5) is 38.1. The van der Waals surface area contributed by atoms with Gasteiger partial charge in [0.15, 0.2) is 5.78 Å². The Morgan fingerprint density at radius 1 is 1.07 bits per heavy atom. The first kappa shape index (κ1) is 32.3. The van der Waals surface area contributed by atoms with Crippen LogP contribution in [0.5, 0.6) is 0 Å². The quantitative estimate of drug-likeness (QED) is 0.203. The van der Waals surface area contributed by atoms with Gasteiger partial charge in [0, 0.05) is 25.5 Å². The lowest BCUT2D eigenvalue weighted by Crippen LogP contribution is -2.70. The summed E-state index contributed by atoms with van der Waals surface area (Å²) in [6.45, 7) is 10.3. The lowest BCUT2D eigenvalue weighted by atomic mass is 9.46. The molecule has 2 aliphatic heterocycles. The fraction of sp³-hybridized carbons (Fsp3) is 0.636. The molecule has 0 bridgehead atoms. The summed E-state index contributed by atoms with van der Waals surface area (Å²) in [7, 11) is 2.21. The predicted octanol–water partition coefficient (Wildman–Crippen LogP) is 5.29. The molecule has 3 heterocycles. The molecule has 0 saturated carbocycles. The topological polar surface area (TPSA) is 84.4 Å². The standard InChI is InChI=1S/C33H52BN5O3/c1-5-6-7-8-9-13-19-39-20-18-38(4)34(39,42-22-21-39)29(23-27(2)3)25-32(40)30(24-28-14-11-10-12-15-28)37-33(41)31-26-35-16-17-36-31/h10-12,14-17,26-27,29-30H,5-9,13,18-25H2,1-4H3,(H,37,41)/t29-,30+,34?,39?/m1/s1. The predicted molar refractivity (Wildman–Crippen MR) is 169 cm³/mol. The first-order valence-electron chi connectivity index (χ1n) is 16.3. The zero-order valence-electron chi connectivity index (χ0n) is 26.3. The monoisotopic (exact) mass is 577 g/mol. The summed E-state index contributed by atoms with van der Waals surface area (Å²) in [5.41, 5.74) is 1.23. The fourth-order valence-electron chi connectivity index (χ4n) is 7.86. The minimum Gasteiger partial charge on any atom is -0.521 e. The number of ketones is 1. The van der Waals surface area contributed by atoms with Crippen molar-refractivity contribution in [1.82, 2.24) is 20.1 Å². The van der Waals surface area contributed by atoms with E-state index in [9.17, 15) is 9.59 Å². The van der Waals surface area contributed by atoms with Crippen LogP contribution in [0.2, 0.25) is 5.82 Å². The Hall–Kier alpha value is -2.62. The molecule has 2 aromatic rings. The lowest BCUT2D eigenvalue weighted by molar-refractivity contribution is -0.822. The highest BCUT2D eigenvalue weighted by molar-refractivity contribution is 6.66. The van der Waals surface area contributed by atoms with Gasteiger partial charge in [-0.25, -0.2) is 4.98 Å². The van der Waals surface area contributed by atoms with Crippen molar-refractivity contribution in [1.29, 1.82) is 0 Å². The van der Waals surface area contributed by atoms with Crippen LogP contribution < -0.4 is 5.32 Å². The molecule has 4 atom stereocenters. The van der Waals surface area contributed by atoms with Crippen molar-refractivity contribution in [2.24, 2.45) is 5.92 Å². The molecule has 2 saturated heterocycles. The third-order valence-electron chi connectivity index (χ3n) is 9.80. The third-order valence-corrected chi connectivity index (χ3v) is 9.80. The van der Waals surface area contributed by atoms with Crippen LogP contribution in [0, 0.1) is 5.92 Å². The van der Waals surface area contributed by atoms with E-state index in [0.29, 0.717) is 18.8 Å². The molecular formula is C33H52BN5O3. The number of hydrogen-bond donors (Lipinski definition) is 1. The maximum atomic E-state index is 14.3. The summed E-state index contributed by atoms with van der Waals surface area (Å²) in [6, 6.07) is 9.27. The van der Waals surface area contributed by atoms with E-state index in [1.165, 1.54) is 57.1 Å². The number of benzene rings is 1. The van der Waals surface area contributed by atoms with Gasteiger partial charge in [0.2, 0.25) is 0 Å². The van der Waals surface area contributed by atoms with E-state index in [-0.39, 0.29) is 23.2 Å². The molecular weight excluding hydrogens is 525 g/mol. The largest absolute Gasteiger partial charge is 0.521 e. The van der Waals surface area contributed by atoms with Crippen LogP contribution in [0.1, 0.15) is 88.2 Å². The molecule has 2 aliphatic rings. The van der Waals surface area contributed by atoms with E-state index in [2.05, 4.69) is 47.9 Å². The number of unbranched alkanes of at least 4 members (excludes halogenated alkanes) is 5. The molecule has 230 valence electrons. The van der Waals surface area contributed by atoms with E-state index in [1.807, 2.05) is 30.3 Å². The van der Waals surface area contributed by atoms with Gasteiger partial charge in [0.25, 0.3) is 5.91 Å². The fourth-order valence-corrected chi connectivity index (χ4v) is 7.86. The van der Waals surface area contributed by atoms with E-state index in [0.717, 1.165) is 49.2 Å². The Morgan fingerprint density at radius 2 is 1.83 bits per heavy atom. The van der Waals surface area contributed by atoms with Gasteiger partial charge < -0.3 is 19.2 Å². The number of rotatable bonds is 17. The summed E-state index contributed by atoms with van der Waals surface area (Å²) in [5, 5.41) is 3.02. The Bertz CT molecular complexity index is 1140. The molecule has 9 heteroatoms. The van der Waals surface area contributed by atoms with Gasteiger partial charge in [-0.15, -0.1) is 0 Å². The average molecular weight is 578 g/mol. The summed E-state index contributed by atoms with van der Waals surface area (Å²) >= 11 is 0. The maximum Gasteiger partial charge on any atom is 0.415 e. The summed E-state index contributed by atoms with van der Waals surface area (Å²) < 4.78 is 7.88. The van der Waals surface area contributed by atoms with E-state index < -0.39 is 12.7 Å². The second-order valence-electron chi connectivity index (χ2n) is 13.1. The first-order chi connectivity index (χ1) is 20.3. The van der Waals surface area contributed by atoms with Gasteiger partial charge in [0.1, 0.15) is 5.69 Å². The van der Waals surface area contributed by atoms with Crippen LogP contribution in [-0.4, -0.2) is 83.4 Å². The zero-order valence-corrected chi connectivity index (χ0v) is 26.3. The molecule has 4 rings (SSSR count). The number of likely N-dealkylation sites (N-methyl/N-ethyl adjacent to an activating group) is 1. The Balaban J connectivity index is 1.57. The number of carbonyl (C=O) groups excluding carboxylic acids is 2. The molecule has 1 aromatic heterocycles. The molecule has 1 aromatic carbocycles. The van der Waals surface area contributed by atoms with Crippen LogP contribution in [0.3, 0.4) is 0 Å². The van der Waals surface area contributed by atoms with Gasteiger partial charge in [-0.3, -0.25) is 14.6 Å². The number of aromatic nitrogens is 2. The van der Waals surface area contributed by atoms with Crippen LogP contribution in [0.25, 0.3) is 0 Å². The lowest BCUT2D eigenvalue weighted by Gasteiger charge is -2.55. The van der Waals surface area contributed by atoms with Crippen molar-refractivity contribution in [3.63, 3.8) is 0 Å². The normalized spacial score (nSPS) is 23.5. The Morgan fingerprint density at radius 3 is 2.55 bits per heavy atom. The third kappa shape index (κ3) is 7.47. The Kier molecular flexibility index (Phi) is 11.7. The second-order valence-corrected chi connectivity index (χ2v) is 13.1. The van der Waals surface area contributed by atoms with Crippen molar-refractivity contribution < 1.29 is 18.6 Å². The maximum absolute atomic E-state index is 14.3. The molecule has 2 unspecified atom stereocenters. The number of Topliss-reactive ketones (excluding diaryl/α,β-unsaturated/α-hetero) is 1. The van der Waals surface area contributed by atoms with Crippen LogP contribution in [0.4, 0.5) is 0 Å². The van der Waals surface area contributed by atoms with Gasteiger partial charge in [-0.2, -0.15) is 0 Å². The number of fused-ring (bicyclic) bond motifs is 1. The van der Waals surface area contributed by atoms with E-state index >= 15 is 0 Å². The van der Waals surface area contributed by atoms with Gasteiger partial charge >= 0.3 is 6.62 Å². The highest BCUT2D eigenvalue weighted by Crippen LogP contribution is 2.47. The van der Waals surface area contributed by atoms with Crippen molar-refractivity contribution in [2.45, 2.75) is 90.4 Å². The molecule has 0 aliphatic carbocycles. The van der Waals surface area contributed by atoms with E-state index in [1.54, 1.807) is 0 Å². The number of nitrogens with zero attached hydrogens (tertiary/aromatic N) is 4. The summed E-state index contributed by atoms with van der Waals surface area (Å²) in [5.74, 6) is 0.200. The first-order valence-corrected chi connectivity index (χ1v) is 16.3. The molecule has 2 fully saturated rings. The van der Waals surface area contributed by atoms with Crippen molar-refractivity contribution in [3.8, 4) is 0 Å². The minimum atomic E-state index is -1.41. The number of hydrogen-bond acceptors (Lipinski definition) is 6. The molecule has 0 radical (unpaired) electrons. The van der Waals surface area contributed by atoms with E-state index in [4.69, 9.17) is 4.65 Å². The molecule has 1 amide bonds. The van der Waals surface area contributed by atoms with Crippen LogP contribution in [-0.2, 0) is 15.9 Å². The summed E-state index contributed by atoms with van der Waals surface area (Å²) in [6.07, 6.45) is 13.9. The zero-order chi connectivity index (χ0) is 30.0. The average Bonchev–Trinajstić information content (AvgIpc) is 3.50. The highest BCUT2D eigenvalue weighted by Gasteiger charge is 2.63. The number of amides is 1. The van der Waals surface area contributed by atoms with Gasteiger partial charge in [-0.1, -0.05) is 89.0 Å². The Labute approximate surface area is 253 Å². The van der Waals surface area contributed by atoms with Crippen LogP contribution >= 0.6 is 0 Å². The highest BCUT2D eigenvalue weighted by atomic mass is 16.5. The number of nitrogens with one attached hydrogen (secondary N) is 1. The van der Waals surface area contributed by atoms with Crippen molar-refractivity contribution in [3.05, 3.63) is 60.2 Å². The van der Waals surface area contributed by atoms with Crippen molar-refractivity contribution in [2.75, 3.05) is 39.8 Å². The number of carbonyl (C=O) groups is 2. The molecule has 42 heavy (non-hydrogen) atoms. The van der Waals surface area contributed by atoms with Gasteiger partial charge in [-0.05, 0) is 44.2 Å². The molecule has 8 nitrogen and oxygen atoms in total. The van der Waals surface area contributed by atoms with Gasteiger partial charge in [0.05, 0.1) is 31.9 Å². The second kappa shape index (κ2) is 15.2. The number of quaternary nitrogens is 1. The molecule has 0 spiro atoms. The smallest absolute Gasteiger partial charge is 0.415 e. The van der Waals surface area contributed by atoms with Crippen LogP contribution in [0.15, 0.2) is 48.9 Å². The SMILES string of the molecule is CCCCCCCC[N+]12CCO[B-]1([C@@H](CC(=O)[C@H](Cc1ccccc1)NC(=O)c1cnccn1)CC(C)C)N(C)CC2.